The molecule has 0 radical (unpaired) electrons. The van der Waals surface area contributed by atoms with Crippen LogP contribution in [-0.2, 0) is 0 Å². The normalized spacial score (nSPS) is 14.0. The number of nitrogen functional groups attached to an aromatic ring is 1. The van der Waals surface area contributed by atoms with Gasteiger partial charge in [-0.05, 0) is 25.0 Å². The van der Waals surface area contributed by atoms with Gasteiger partial charge in [0, 0.05) is 12.0 Å². The molecule has 1 amide bonds. The molecule has 1 aromatic carbocycles. The van der Waals surface area contributed by atoms with Crippen LogP contribution in [0.2, 0.25) is 0 Å². The second-order valence-electron chi connectivity index (χ2n) is 4.97. The average molecular weight is 290 g/mol. The fraction of sp³-hybridized carbons (Fsp3) is 0.286. The molecule has 0 saturated heterocycles. The van der Waals surface area contributed by atoms with E-state index in [2.05, 4.69) is 15.5 Å². The minimum Gasteiger partial charge on any atom is -0.497 e. The number of benzene rings is 1. The van der Waals surface area contributed by atoms with Crippen molar-refractivity contribution >= 4 is 17.3 Å². The molecule has 110 valence electrons. The summed E-state index contributed by atoms with van der Waals surface area (Å²) in [5, 5.41) is 9.17. The van der Waals surface area contributed by atoms with Crippen LogP contribution in [0, 0.1) is 5.82 Å². The van der Waals surface area contributed by atoms with E-state index in [0.717, 1.165) is 18.5 Å². The molecule has 1 saturated carbocycles. The van der Waals surface area contributed by atoms with E-state index in [4.69, 9.17) is 10.5 Å². The number of anilines is 2. The molecule has 0 unspecified atom stereocenters. The average Bonchev–Trinajstić information content (AvgIpc) is 3.24. The molecule has 0 bridgehead atoms. The number of H-pyrrole nitrogens is 1. The molecule has 4 N–H and O–H groups in total. The highest BCUT2D eigenvalue weighted by Gasteiger charge is 2.30. The van der Waals surface area contributed by atoms with Gasteiger partial charge < -0.3 is 15.8 Å². The van der Waals surface area contributed by atoms with E-state index in [-0.39, 0.29) is 11.4 Å². The number of nitrogens with one attached hydrogen (secondary N) is 2. The standard InChI is InChI=1S/C14H15FN4O2/c1-21-8-4-5-9(15)10(6-8)17-14(20)13-11(16)12(18-19-13)7-2-3-7/h4-7H,2-3,16H2,1H3,(H,17,20)(H,18,19). The predicted molar refractivity (Wildman–Crippen MR) is 75.9 cm³/mol. The summed E-state index contributed by atoms with van der Waals surface area (Å²) < 4.78 is 18.7. The fourth-order valence-corrected chi connectivity index (χ4v) is 2.13. The third-order valence-corrected chi connectivity index (χ3v) is 3.46. The van der Waals surface area contributed by atoms with E-state index in [1.807, 2.05) is 0 Å². The van der Waals surface area contributed by atoms with Crippen LogP contribution in [-0.4, -0.2) is 23.2 Å². The Balaban J connectivity index is 1.83. The van der Waals surface area contributed by atoms with Crippen LogP contribution in [0.3, 0.4) is 0 Å². The summed E-state index contributed by atoms with van der Waals surface area (Å²) in [5.41, 5.74) is 7.14. The quantitative estimate of drug-likeness (QED) is 0.805. The molecule has 2 aromatic rings. The number of aromatic nitrogens is 2. The van der Waals surface area contributed by atoms with Gasteiger partial charge in [0.2, 0.25) is 0 Å². The third-order valence-electron chi connectivity index (χ3n) is 3.46. The Hall–Kier alpha value is -2.57. The first-order chi connectivity index (χ1) is 10.1. The highest BCUT2D eigenvalue weighted by Crippen LogP contribution is 2.42. The van der Waals surface area contributed by atoms with Gasteiger partial charge in [0.05, 0.1) is 24.2 Å². The molecule has 6 nitrogen and oxygen atoms in total. The van der Waals surface area contributed by atoms with Crippen molar-refractivity contribution < 1.29 is 13.9 Å². The molecule has 0 aliphatic heterocycles. The lowest BCUT2D eigenvalue weighted by Crippen LogP contribution is -2.15. The summed E-state index contributed by atoms with van der Waals surface area (Å²) in [6, 6.07) is 4.09. The minimum absolute atomic E-state index is 0.0229. The Morgan fingerprint density at radius 1 is 1.52 bits per heavy atom. The number of hydrogen-bond acceptors (Lipinski definition) is 4. The molecule has 1 aliphatic carbocycles. The summed E-state index contributed by atoms with van der Waals surface area (Å²) in [6.07, 6.45) is 2.08. The maximum absolute atomic E-state index is 13.7. The van der Waals surface area contributed by atoms with Gasteiger partial charge in [0.15, 0.2) is 5.69 Å². The van der Waals surface area contributed by atoms with Crippen LogP contribution in [0.4, 0.5) is 15.8 Å². The van der Waals surface area contributed by atoms with Crippen molar-refractivity contribution in [2.75, 3.05) is 18.2 Å². The molecule has 1 aromatic heterocycles. The molecule has 1 heterocycles. The van der Waals surface area contributed by atoms with Gasteiger partial charge >= 0.3 is 0 Å². The summed E-state index contributed by atoms with van der Waals surface area (Å²) in [7, 11) is 1.46. The van der Waals surface area contributed by atoms with Crippen molar-refractivity contribution in [1.29, 1.82) is 0 Å². The Morgan fingerprint density at radius 3 is 2.95 bits per heavy atom. The zero-order valence-electron chi connectivity index (χ0n) is 11.4. The number of amides is 1. The van der Waals surface area contributed by atoms with E-state index in [0.29, 0.717) is 17.4 Å². The first kappa shape index (κ1) is 13.4. The van der Waals surface area contributed by atoms with E-state index < -0.39 is 11.7 Å². The molecule has 7 heteroatoms. The number of rotatable bonds is 4. The number of aromatic amines is 1. The Bertz CT molecular complexity index is 694. The van der Waals surface area contributed by atoms with Gasteiger partial charge in [-0.2, -0.15) is 5.10 Å². The van der Waals surface area contributed by atoms with Crippen molar-refractivity contribution in [3.05, 3.63) is 35.4 Å². The summed E-state index contributed by atoms with van der Waals surface area (Å²) in [4.78, 5) is 12.2. The van der Waals surface area contributed by atoms with E-state index in [1.165, 1.54) is 25.3 Å². The topological polar surface area (TPSA) is 93.0 Å². The van der Waals surface area contributed by atoms with Gasteiger partial charge in [-0.15, -0.1) is 0 Å². The van der Waals surface area contributed by atoms with Crippen molar-refractivity contribution in [2.24, 2.45) is 0 Å². The van der Waals surface area contributed by atoms with Crippen molar-refractivity contribution in [1.82, 2.24) is 10.2 Å². The minimum atomic E-state index is -0.555. The van der Waals surface area contributed by atoms with Gasteiger partial charge in [-0.3, -0.25) is 9.89 Å². The predicted octanol–water partition coefficient (Wildman–Crippen LogP) is 2.27. The molecule has 21 heavy (non-hydrogen) atoms. The van der Waals surface area contributed by atoms with Crippen LogP contribution in [0.5, 0.6) is 5.75 Å². The van der Waals surface area contributed by atoms with Crippen LogP contribution in [0.1, 0.15) is 34.9 Å². The molecular weight excluding hydrogens is 275 g/mol. The summed E-state index contributed by atoms with van der Waals surface area (Å²) in [6.45, 7) is 0. The van der Waals surface area contributed by atoms with E-state index in [9.17, 15) is 9.18 Å². The number of carbonyl (C=O) groups is 1. The number of hydrogen-bond donors (Lipinski definition) is 3. The van der Waals surface area contributed by atoms with E-state index in [1.54, 1.807) is 0 Å². The first-order valence-electron chi connectivity index (χ1n) is 6.58. The number of halogens is 1. The first-order valence-corrected chi connectivity index (χ1v) is 6.58. The largest absolute Gasteiger partial charge is 0.497 e. The van der Waals surface area contributed by atoms with Crippen molar-refractivity contribution in [2.45, 2.75) is 18.8 Å². The second kappa shape index (κ2) is 5.08. The highest BCUT2D eigenvalue weighted by atomic mass is 19.1. The molecule has 1 aliphatic rings. The van der Waals surface area contributed by atoms with Crippen molar-refractivity contribution in [3.63, 3.8) is 0 Å². The summed E-state index contributed by atoms with van der Waals surface area (Å²) in [5.74, 6) is -0.309. The van der Waals surface area contributed by atoms with Crippen LogP contribution in [0.15, 0.2) is 18.2 Å². The molecule has 0 atom stereocenters. The van der Waals surface area contributed by atoms with Crippen LogP contribution < -0.4 is 15.8 Å². The van der Waals surface area contributed by atoms with Gasteiger partial charge in [-0.1, -0.05) is 0 Å². The second-order valence-corrected chi connectivity index (χ2v) is 4.97. The van der Waals surface area contributed by atoms with Gasteiger partial charge in [-0.25, -0.2) is 4.39 Å². The number of methoxy groups -OCH3 is 1. The Labute approximate surface area is 120 Å². The maximum Gasteiger partial charge on any atom is 0.278 e. The molecule has 3 rings (SSSR count). The van der Waals surface area contributed by atoms with Crippen LogP contribution in [0.25, 0.3) is 0 Å². The molecule has 0 spiro atoms. The van der Waals surface area contributed by atoms with E-state index >= 15 is 0 Å². The number of nitrogens with two attached hydrogens (primary N) is 1. The number of ether oxygens (including phenoxy) is 1. The third kappa shape index (κ3) is 2.54. The lowest BCUT2D eigenvalue weighted by atomic mass is 10.2. The van der Waals surface area contributed by atoms with Gasteiger partial charge in [0.25, 0.3) is 5.91 Å². The summed E-state index contributed by atoms with van der Waals surface area (Å²) >= 11 is 0. The Kier molecular flexibility index (Phi) is 3.25. The lowest BCUT2D eigenvalue weighted by Gasteiger charge is -2.07. The molecular formula is C14H15FN4O2. The monoisotopic (exact) mass is 290 g/mol. The van der Waals surface area contributed by atoms with Gasteiger partial charge in [0.1, 0.15) is 11.6 Å². The fourth-order valence-electron chi connectivity index (χ4n) is 2.13. The molecule has 1 fully saturated rings. The van der Waals surface area contributed by atoms with Crippen molar-refractivity contribution in [3.8, 4) is 5.75 Å². The number of carbonyl (C=O) groups excluding carboxylic acids is 1. The zero-order valence-corrected chi connectivity index (χ0v) is 11.4. The zero-order chi connectivity index (χ0) is 15.0. The lowest BCUT2D eigenvalue weighted by molar-refractivity contribution is 0.102. The highest BCUT2D eigenvalue weighted by molar-refractivity contribution is 6.06. The number of nitrogens with zero attached hydrogens (tertiary/aromatic N) is 1. The Morgan fingerprint density at radius 2 is 2.29 bits per heavy atom. The van der Waals surface area contributed by atoms with Crippen LogP contribution >= 0.6 is 0 Å². The SMILES string of the molecule is COc1ccc(F)c(NC(=O)c2n[nH]c(C3CC3)c2N)c1. The smallest absolute Gasteiger partial charge is 0.278 e. The maximum atomic E-state index is 13.7.